The van der Waals surface area contributed by atoms with E-state index in [4.69, 9.17) is 13.8 Å². The smallest absolute Gasteiger partial charge is 0.367 e. The Bertz CT molecular complexity index is 804. The quantitative estimate of drug-likeness (QED) is 0.499. The molecule has 136 valence electrons. The van der Waals surface area contributed by atoms with Gasteiger partial charge in [0.1, 0.15) is 4.88 Å². The summed E-state index contributed by atoms with van der Waals surface area (Å²) in [6, 6.07) is 6.64. The molecule has 0 unspecified atom stereocenters. The van der Waals surface area contributed by atoms with Crippen molar-refractivity contribution in [3.05, 3.63) is 34.7 Å². The highest BCUT2D eigenvalue weighted by atomic mass is 32.1. The third-order valence-corrected chi connectivity index (χ3v) is 5.97. The van der Waals surface area contributed by atoms with Crippen LogP contribution in [0.3, 0.4) is 0 Å². The van der Waals surface area contributed by atoms with Gasteiger partial charge in [0, 0.05) is 4.70 Å². The molecular weight excluding hydrogens is 367 g/mol. The lowest BCUT2D eigenvalue weighted by Gasteiger charge is -2.16. The Kier molecular flexibility index (Phi) is 6.72. The van der Waals surface area contributed by atoms with Crippen LogP contribution >= 0.6 is 18.9 Å². The van der Waals surface area contributed by atoms with Crippen molar-refractivity contribution >= 4 is 41.0 Å². The molecule has 0 fully saturated rings. The van der Waals surface area contributed by atoms with Gasteiger partial charge in [-0.05, 0) is 37.4 Å². The van der Waals surface area contributed by atoms with Crippen LogP contribution in [0.4, 0.5) is 0 Å². The third-order valence-electron chi connectivity index (χ3n) is 3.15. The lowest BCUT2D eigenvalue weighted by molar-refractivity contribution is 0.0537. The molecule has 9 heteroatoms. The number of hydrogen-bond donors (Lipinski definition) is 0. The lowest BCUT2D eigenvalue weighted by Crippen LogP contribution is -2.08. The Morgan fingerprint density at radius 3 is 2.36 bits per heavy atom. The van der Waals surface area contributed by atoms with E-state index < -0.39 is 25.9 Å². The van der Waals surface area contributed by atoms with Gasteiger partial charge in [-0.25, -0.2) is 9.59 Å². The van der Waals surface area contributed by atoms with Crippen LogP contribution in [0.15, 0.2) is 24.3 Å². The van der Waals surface area contributed by atoms with Gasteiger partial charge in [-0.3, -0.25) is 4.57 Å². The number of esters is 2. The highest BCUT2D eigenvalue weighted by molar-refractivity contribution is 7.53. The van der Waals surface area contributed by atoms with E-state index >= 15 is 0 Å². The molecular formula is C16H19O7PS. The van der Waals surface area contributed by atoms with E-state index in [1.807, 2.05) is 0 Å². The molecule has 0 bridgehead atoms. The predicted octanol–water partition coefficient (Wildman–Crippen LogP) is 4.07. The molecule has 0 atom stereocenters. The summed E-state index contributed by atoms with van der Waals surface area (Å²) in [6.45, 7) is 3.73. The molecule has 0 spiro atoms. The first kappa shape index (κ1) is 19.6. The molecule has 1 heterocycles. The minimum absolute atomic E-state index is 0.189. The second-order valence-corrected chi connectivity index (χ2v) is 7.94. The molecule has 2 rings (SSSR count). The van der Waals surface area contributed by atoms with Crippen LogP contribution < -0.4 is 0 Å². The number of carbonyl (C=O) groups is 2. The van der Waals surface area contributed by atoms with Crippen molar-refractivity contribution in [2.75, 3.05) is 26.7 Å². The first-order valence-electron chi connectivity index (χ1n) is 7.59. The number of benzene rings is 1. The summed E-state index contributed by atoms with van der Waals surface area (Å²) in [4.78, 5) is 24.1. The number of hydrogen-bond acceptors (Lipinski definition) is 8. The fourth-order valence-corrected chi connectivity index (χ4v) is 4.37. The summed E-state index contributed by atoms with van der Waals surface area (Å²) in [5.41, 5.74) is 0.397. The van der Waals surface area contributed by atoms with Crippen LogP contribution in [0.5, 0.6) is 0 Å². The maximum atomic E-state index is 12.3. The van der Waals surface area contributed by atoms with Crippen molar-refractivity contribution in [3.8, 4) is 0 Å². The number of ether oxygens (including phenoxy) is 2. The lowest BCUT2D eigenvalue weighted by atomic mass is 10.2. The summed E-state index contributed by atoms with van der Waals surface area (Å²) in [5, 5.41) is 0.794. The van der Waals surface area contributed by atoms with E-state index in [1.165, 1.54) is 18.4 Å². The van der Waals surface area contributed by atoms with E-state index in [0.29, 0.717) is 10.4 Å². The van der Waals surface area contributed by atoms with E-state index in [9.17, 15) is 14.2 Å². The van der Waals surface area contributed by atoms with Crippen LogP contribution in [0.2, 0.25) is 0 Å². The van der Waals surface area contributed by atoms with Crippen LogP contribution in [-0.4, -0.2) is 38.6 Å². The first-order chi connectivity index (χ1) is 11.9. The molecule has 0 aliphatic carbocycles. The zero-order valence-corrected chi connectivity index (χ0v) is 15.9. The minimum Gasteiger partial charge on any atom is -0.465 e. The second-order valence-electron chi connectivity index (χ2n) is 4.86. The van der Waals surface area contributed by atoms with Crippen LogP contribution in [0, 0.1) is 0 Å². The van der Waals surface area contributed by atoms with Crippen LogP contribution in [-0.2, 0) is 23.1 Å². The fourth-order valence-electron chi connectivity index (χ4n) is 2.09. The SMILES string of the molecule is CCOP(=O)(COC(=O)c1cc2ccc(C(=O)OC)cc2s1)OCC. The maximum absolute atomic E-state index is 12.3. The Hall–Kier alpha value is -1.73. The third kappa shape index (κ3) is 4.89. The topological polar surface area (TPSA) is 88.1 Å². The normalized spacial score (nSPS) is 11.5. The van der Waals surface area contributed by atoms with Gasteiger partial charge in [0.2, 0.25) is 0 Å². The molecule has 0 saturated carbocycles. The molecule has 1 aromatic carbocycles. The zero-order chi connectivity index (χ0) is 18.4. The first-order valence-corrected chi connectivity index (χ1v) is 10.1. The number of rotatable bonds is 8. The molecule has 2 aromatic rings. The van der Waals surface area contributed by atoms with E-state index in [2.05, 4.69) is 4.74 Å². The molecule has 0 aliphatic heterocycles. The summed E-state index contributed by atoms with van der Waals surface area (Å²) in [6.07, 6.45) is -0.449. The average molecular weight is 386 g/mol. The number of methoxy groups -OCH3 is 1. The summed E-state index contributed by atoms with van der Waals surface area (Å²) >= 11 is 1.17. The Morgan fingerprint density at radius 2 is 1.76 bits per heavy atom. The van der Waals surface area contributed by atoms with Gasteiger partial charge < -0.3 is 18.5 Å². The van der Waals surface area contributed by atoms with Gasteiger partial charge in [0.25, 0.3) is 0 Å². The van der Waals surface area contributed by atoms with Gasteiger partial charge in [0.15, 0.2) is 6.35 Å². The highest BCUT2D eigenvalue weighted by Crippen LogP contribution is 2.48. The molecule has 0 saturated heterocycles. The minimum atomic E-state index is -3.45. The van der Waals surface area contributed by atoms with Crippen LogP contribution in [0.1, 0.15) is 33.9 Å². The Balaban J connectivity index is 2.14. The van der Waals surface area contributed by atoms with E-state index in [0.717, 1.165) is 10.1 Å². The van der Waals surface area contributed by atoms with Gasteiger partial charge in [-0.2, -0.15) is 0 Å². The summed E-state index contributed by atoms with van der Waals surface area (Å²) < 4.78 is 33.0. The summed E-state index contributed by atoms with van der Waals surface area (Å²) in [7, 11) is -2.15. The fraction of sp³-hybridized carbons (Fsp3) is 0.375. The molecule has 7 nitrogen and oxygen atoms in total. The largest absolute Gasteiger partial charge is 0.465 e. The van der Waals surface area contributed by atoms with Crippen molar-refractivity contribution in [2.24, 2.45) is 0 Å². The average Bonchev–Trinajstić information content (AvgIpc) is 3.02. The van der Waals surface area contributed by atoms with Crippen molar-refractivity contribution < 1.29 is 32.7 Å². The molecule has 0 aliphatic rings. The monoisotopic (exact) mass is 386 g/mol. The standard InChI is InChI=1S/C16H19O7PS/c1-4-22-24(19,23-5-2)10-21-16(18)14-8-11-6-7-12(15(17)20-3)9-13(11)25-14/h6-9H,4-5,10H2,1-3H3. The maximum Gasteiger partial charge on any atom is 0.367 e. The van der Waals surface area contributed by atoms with Gasteiger partial charge in [0.05, 0.1) is 25.9 Å². The Labute approximate surface area is 149 Å². The van der Waals surface area contributed by atoms with Crippen molar-refractivity contribution in [3.63, 3.8) is 0 Å². The van der Waals surface area contributed by atoms with Gasteiger partial charge in [-0.15, -0.1) is 11.3 Å². The Morgan fingerprint density at radius 1 is 1.08 bits per heavy atom. The highest BCUT2D eigenvalue weighted by Gasteiger charge is 2.26. The van der Waals surface area contributed by atoms with E-state index in [-0.39, 0.29) is 13.2 Å². The second kappa shape index (κ2) is 8.58. The molecule has 0 amide bonds. The zero-order valence-electron chi connectivity index (χ0n) is 14.1. The number of fused-ring (bicyclic) bond motifs is 1. The molecule has 0 radical (unpaired) electrons. The predicted molar refractivity (Wildman–Crippen MR) is 94.3 cm³/mol. The van der Waals surface area contributed by atoms with Gasteiger partial charge in [-0.1, -0.05) is 6.07 Å². The van der Waals surface area contributed by atoms with E-state index in [1.54, 1.807) is 38.1 Å². The van der Waals surface area contributed by atoms with Crippen molar-refractivity contribution in [1.29, 1.82) is 0 Å². The van der Waals surface area contributed by atoms with Crippen molar-refractivity contribution in [2.45, 2.75) is 13.8 Å². The van der Waals surface area contributed by atoms with Crippen LogP contribution in [0.25, 0.3) is 10.1 Å². The molecule has 0 N–H and O–H groups in total. The summed E-state index contributed by atoms with van der Waals surface area (Å²) in [5.74, 6) is -1.07. The van der Waals surface area contributed by atoms with Crippen molar-refractivity contribution in [1.82, 2.24) is 0 Å². The molecule has 25 heavy (non-hydrogen) atoms. The number of thiophene rings is 1. The molecule has 1 aromatic heterocycles. The van der Waals surface area contributed by atoms with Gasteiger partial charge >= 0.3 is 19.5 Å². The number of carbonyl (C=O) groups excluding carboxylic acids is 2.